The van der Waals surface area contributed by atoms with Crippen molar-refractivity contribution in [2.75, 3.05) is 12.8 Å². The minimum atomic E-state index is 0.131. The lowest BCUT2D eigenvalue weighted by atomic mass is 9.89. The summed E-state index contributed by atoms with van der Waals surface area (Å²) in [5, 5.41) is 3.38. The van der Waals surface area contributed by atoms with Crippen LogP contribution in [0.25, 0.3) is 11.1 Å². The molecule has 3 nitrogen and oxygen atoms in total. The third-order valence-electron chi connectivity index (χ3n) is 4.97. The average molecular weight is 421 g/mol. The molecule has 0 radical (unpaired) electrons. The van der Waals surface area contributed by atoms with E-state index in [-0.39, 0.29) is 5.92 Å². The monoisotopic (exact) mass is 420 g/mol. The summed E-state index contributed by atoms with van der Waals surface area (Å²) in [6.07, 6.45) is 0.839. The van der Waals surface area contributed by atoms with Crippen molar-refractivity contribution in [2.45, 2.75) is 12.3 Å². The molecule has 1 heterocycles. The molecule has 0 saturated heterocycles. The first kappa shape index (κ1) is 19.5. The van der Waals surface area contributed by atoms with E-state index < -0.39 is 0 Å². The molecule has 0 unspecified atom stereocenters. The molecular formula is C24H21ClN2OS. The third-order valence-corrected chi connectivity index (χ3v) is 5.89. The zero-order valence-electron chi connectivity index (χ0n) is 16.0. The Labute approximate surface area is 179 Å². The molecule has 29 heavy (non-hydrogen) atoms. The summed E-state index contributed by atoms with van der Waals surface area (Å²) in [5.41, 5.74) is 11.6. The van der Waals surface area contributed by atoms with Gasteiger partial charge in [-0.2, -0.15) is 0 Å². The van der Waals surface area contributed by atoms with Crippen molar-refractivity contribution in [1.82, 2.24) is 4.98 Å². The van der Waals surface area contributed by atoms with Crippen LogP contribution in [0.2, 0.25) is 5.02 Å². The van der Waals surface area contributed by atoms with Gasteiger partial charge in [0.25, 0.3) is 0 Å². The highest BCUT2D eigenvalue weighted by Crippen LogP contribution is 2.32. The number of methoxy groups -OCH3 is 1. The lowest BCUT2D eigenvalue weighted by molar-refractivity contribution is 0.414. The number of nitrogens with zero attached hydrogens (tertiary/aromatic N) is 1. The van der Waals surface area contributed by atoms with Gasteiger partial charge < -0.3 is 10.5 Å². The van der Waals surface area contributed by atoms with Crippen LogP contribution in [0.5, 0.6) is 5.75 Å². The van der Waals surface area contributed by atoms with E-state index in [0.29, 0.717) is 5.13 Å². The minimum absolute atomic E-state index is 0.131. The average Bonchev–Trinajstić information content (AvgIpc) is 3.18. The van der Waals surface area contributed by atoms with E-state index in [1.165, 1.54) is 22.5 Å². The predicted molar refractivity (Wildman–Crippen MR) is 122 cm³/mol. The fourth-order valence-electron chi connectivity index (χ4n) is 3.43. The summed E-state index contributed by atoms with van der Waals surface area (Å²) in [6.45, 7) is 0. The molecule has 0 aliphatic heterocycles. The number of rotatable bonds is 6. The number of nitrogen functional groups attached to an aromatic ring is 1. The van der Waals surface area contributed by atoms with Gasteiger partial charge in [-0.25, -0.2) is 4.98 Å². The van der Waals surface area contributed by atoms with E-state index in [1.54, 1.807) is 7.11 Å². The van der Waals surface area contributed by atoms with Crippen molar-refractivity contribution < 1.29 is 4.74 Å². The summed E-state index contributed by atoms with van der Waals surface area (Å²) in [5.74, 6) is 0.975. The van der Waals surface area contributed by atoms with Crippen LogP contribution in [0.4, 0.5) is 5.13 Å². The van der Waals surface area contributed by atoms with Crippen LogP contribution in [0.15, 0.2) is 78.2 Å². The number of hydrogen-bond donors (Lipinski definition) is 1. The van der Waals surface area contributed by atoms with Crippen molar-refractivity contribution in [3.05, 3.63) is 100 Å². The van der Waals surface area contributed by atoms with Crippen LogP contribution in [-0.2, 0) is 6.42 Å². The normalized spacial score (nSPS) is 11.9. The molecule has 0 saturated carbocycles. The number of halogens is 1. The maximum atomic E-state index is 6.13. The predicted octanol–water partition coefficient (Wildman–Crippen LogP) is 6.43. The molecule has 0 spiro atoms. The summed E-state index contributed by atoms with van der Waals surface area (Å²) in [7, 11) is 1.68. The van der Waals surface area contributed by atoms with Crippen LogP contribution < -0.4 is 10.5 Å². The molecule has 0 amide bonds. The van der Waals surface area contributed by atoms with Gasteiger partial charge >= 0.3 is 0 Å². The lowest BCUT2D eigenvalue weighted by Gasteiger charge is -2.16. The van der Waals surface area contributed by atoms with Crippen molar-refractivity contribution in [2.24, 2.45) is 0 Å². The van der Waals surface area contributed by atoms with Crippen LogP contribution in [0.1, 0.15) is 22.7 Å². The second-order valence-corrected chi connectivity index (χ2v) is 8.17. The summed E-state index contributed by atoms with van der Waals surface area (Å²) < 4.78 is 5.30. The zero-order valence-corrected chi connectivity index (χ0v) is 17.6. The van der Waals surface area contributed by atoms with Gasteiger partial charge in [-0.1, -0.05) is 60.1 Å². The zero-order chi connectivity index (χ0) is 20.2. The number of hydrogen-bond acceptors (Lipinski definition) is 4. The summed E-state index contributed by atoms with van der Waals surface area (Å²) in [4.78, 5) is 4.55. The largest absolute Gasteiger partial charge is 0.497 e. The van der Waals surface area contributed by atoms with E-state index in [0.717, 1.165) is 34.0 Å². The molecule has 4 rings (SSSR count). The molecule has 0 aliphatic rings. The third kappa shape index (κ3) is 4.61. The molecule has 0 fully saturated rings. The van der Waals surface area contributed by atoms with Crippen molar-refractivity contribution in [1.29, 1.82) is 0 Å². The van der Waals surface area contributed by atoms with Gasteiger partial charge in [0.2, 0.25) is 0 Å². The topological polar surface area (TPSA) is 48.1 Å². The molecule has 4 aromatic rings. The van der Waals surface area contributed by atoms with E-state index >= 15 is 0 Å². The summed E-state index contributed by atoms with van der Waals surface area (Å²) in [6, 6.07) is 24.7. The van der Waals surface area contributed by atoms with E-state index in [4.69, 9.17) is 22.1 Å². The molecule has 0 bridgehead atoms. The lowest BCUT2D eigenvalue weighted by Crippen LogP contribution is -2.06. The van der Waals surface area contributed by atoms with Gasteiger partial charge in [0.05, 0.1) is 12.8 Å². The molecule has 1 aromatic heterocycles. The molecule has 2 N–H and O–H groups in total. The van der Waals surface area contributed by atoms with Gasteiger partial charge in [0.15, 0.2) is 5.13 Å². The van der Waals surface area contributed by atoms with Crippen LogP contribution >= 0.6 is 22.9 Å². The molecule has 146 valence electrons. The van der Waals surface area contributed by atoms with E-state index in [9.17, 15) is 0 Å². The van der Waals surface area contributed by atoms with Gasteiger partial charge in [-0.15, -0.1) is 11.3 Å². The minimum Gasteiger partial charge on any atom is -0.497 e. The van der Waals surface area contributed by atoms with E-state index in [2.05, 4.69) is 47.4 Å². The number of benzene rings is 3. The smallest absolute Gasteiger partial charge is 0.180 e. The van der Waals surface area contributed by atoms with Gasteiger partial charge in [0, 0.05) is 16.3 Å². The Hall–Kier alpha value is -2.82. The highest BCUT2D eigenvalue weighted by molar-refractivity contribution is 7.13. The second-order valence-electron chi connectivity index (χ2n) is 6.85. The van der Waals surface area contributed by atoms with Gasteiger partial charge in [0.1, 0.15) is 5.75 Å². The Bertz CT molecular complexity index is 1090. The van der Waals surface area contributed by atoms with Gasteiger partial charge in [-0.05, 0) is 52.9 Å². The molecule has 3 aromatic carbocycles. The number of anilines is 1. The Morgan fingerprint density at radius 1 is 1.00 bits per heavy atom. The maximum absolute atomic E-state index is 6.13. The highest BCUT2D eigenvalue weighted by atomic mass is 35.5. The maximum Gasteiger partial charge on any atom is 0.180 e. The summed E-state index contributed by atoms with van der Waals surface area (Å²) >= 11 is 7.61. The molecule has 5 heteroatoms. The first-order chi connectivity index (χ1) is 14.1. The molecule has 0 aliphatic carbocycles. The molecule has 1 atom stereocenters. The Balaban J connectivity index is 1.62. The van der Waals surface area contributed by atoms with Crippen LogP contribution in [0, 0.1) is 0 Å². The van der Waals surface area contributed by atoms with Crippen molar-refractivity contribution in [3.8, 4) is 16.9 Å². The fourth-order valence-corrected chi connectivity index (χ4v) is 4.23. The number of thiazole rings is 1. The highest BCUT2D eigenvalue weighted by Gasteiger charge is 2.18. The van der Waals surface area contributed by atoms with Gasteiger partial charge in [-0.3, -0.25) is 0 Å². The Morgan fingerprint density at radius 3 is 2.38 bits per heavy atom. The van der Waals surface area contributed by atoms with E-state index in [1.807, 2.05) is 35.7 Å². The Morgan fingerprint density at radius 2 is 1.76 bits per heavy atom. The van der Waals surface area contributed by atoms with Crippen molar-refractivity contribution >= 4 is 28.1 Å². The Kier molecular flexibility index (Phi) is 5.84. The standard InChI is InChI=1S/C24H21ClN2OS/c1-28-21-11-9-18(10-12-21)22(23-15-29-24(26)27-23)13-16-5-7-17(8-6-16)19-3-2-4-20(25)14-19/h2-12,14-15,22H,13H2,1H3,(H2,26,27)/t22-/m0/s1. The van der Waals surface area contributed by atoms with Crippen LogP contribution in [-0.4, -0.2) is 12.1 Å². The number of nitrogens with two attached hydrogens (primary N) is 1. The first-order valence-corrected chi connectivity index (χ1v) is 10.6. The number of aromatic nitrogens is 1. The first-order valence-electron chi connectivity index (χ1n) is 9.32. The fraction of sp³-hybridized carbons (Fsp3) is 0.125. The second kappa shape index (κ2) is 8.68. The van der Waals surface area contributed by atoms with Crippen LogP contribution in [0.3, 0.4) is 0 Å². The quantitative estimate of drug-likeness (QED) is 0.391. The number of ether oxygens (including phenoxy) is 1. The van der Waals surface area contributed by atoms with Crippen molar-refractivity contribution in [3.63, 3.8) is 0 Å². The SMILES string of the molecule is COc1ccc([C@H](Cc2ccc(-c3cccc(Cl)c3)cc2)c2csc(N)n2)cc1. The molecular weight excluding hydrogens is 400 g/mol.